The molecule has 0 fully saturated rings. The molecule has 33 heavy (non-hydrogen) atoms. The lowest BCUT2D eigenvalue weighted by molar-refractivity contribution is -0.117. The highest BCUT2D eigenvalue weighted by Crippen LogP contribution is 2.44. The van der Waals surface area contributed by atoms with E-state index in [1.807, 2.05) is 11.4 Å². The van der Waals surface area contributed by atoms with Crippen molar-refractivity contribution < 1.29 is 23.8 Å². The number of ketones is 1. The van der Waals surface area contributed by atoms with Gasteiger partial charge in [0.15, 0.2) is 22.9 Å². The molecule has 5 rings (SSSR count). The van der Waals surface area contributed by atoms with E-state index >= 15 is 0 Å². The van der Waals surface area contributed by atoms with E-state index in [0.717, 1.165) is 0 Å². The molecule has 0 bridgehead atoms. The van der Waals surface area contributed by atoms with E-state index in [4.69, 9.17) is 32.4 Å². The van der Waals surface area contributed by atoms with Gasteiger partial charge in [-0.15, -0.1) is 11.3 Å². The van der Waals surface area contributed by atoms with Crippen LogP contribution in [0.5, 0.6) is 5.75 Å². The fourth-order valence-corrected chi connectivity index (χ4v) is 5.15. The Morgan fingerprint density at radius 1 is 1.12 bits per heavy atom. The monoisotopic (exact) mass is 499 g/mol. The summed E-state index contributed by atoms with van der Waals surface area (Å²) in [6.07, 6.45) is 0. The molecule has 1 N–H and O–H groups in total. The molecule has 2 aromatic carbocycles. The number of rotatable bonds is 5. The van der Waals surface area contributed by atoms with E-state index in [9.17, 15) is 14.7 Å². The van der Waals surface area contributed by atoms with Gasteiger partial charge >= 0.3 is 0 Å². The molecule has 4 aromatic rings. The van der Waals surface area contributed by atoms with Gasteiger partial charge < -0.3 is 14.3 Å². The highest BCUT2D eigenvalue weighted by atomic mass is 35.5. The third kappa shape index (κ3) is 3.58. The van der Waals surface area contributed by atoms with E-state index in [1.54, 1.807) is 42.5 Å². The molecule has 1 aliphatic rings. The minimum atomic E-state index is -0.845. The zero-order chi connectivity index (χ0) is 23.3. The molecule has 0 spiro atoms. The van der Waals surface area contributed by atoms with Gasteiger partial charge in [0.25, 0.3) is 5.91 Å². The molecule has 6 nitrogen and oxygen atoms in total. The van der Waals surface area contributed by atoms with Crippen molar-refractivity contribution >= 4 is 62.9 Å². The second kappa shape index (κ2) is 8.26. The Morgan fingerprint density at radius 3 is 2.64 bits per heavy atom. The number of carbonyl (C=O) groups excluding carboxylic acids is 2. The molecular weight excluding hydrogens is 485 g/mol. The molecule has 1 aliphatic heterocycles. The number of nitrogens with zero attached hydrogens (tertiary/aromatic N) is 1. The highest BCUT2D eigenvalue weighted by Gasteiger charge is 2.46. The number of halogens is 2. The van der Waals surface area contributed by atoms with Crippen molar-refractivity contribution in [3.63, 3.8) is 0 Å². The first-order chi connectivity index (χ1) is 15.9. The van der Waals surface area contributed by atoms with Gasteiger partial charge in [-0.3, -0.25) is 14.5 Å². The first-order valence-corrected chi connectivity index (χ1v) is 11.4. The molecule has 0 saturated carbocycles. The Kier molecular flexibility index (Phi) is 5.40. The van der Waals surface area contributed by atoms with Gasteiger partial charge in [0.2, 0.25) is 5.78 Å². The smallest absolute Gasteiger partial charge is 0.294 e. The molecule has 0 saturated heterocycles. The molecule has 3 heterocycles. The molecule has 1 unspecified atom stereocenters. The van der Waals surface area contributed by atoms with Crippen molar-refractivity contribution in [1.29, 1.82) is 0 Å². The van der Waals surface area contributed by atoms with Gasteiger partial charge in [-0.05, 0) is 41.8 Å². The Morgan fingerprint density at radius 2 is 1.94 bits per heavy atom. The number of fused-ring (bicyclic) bond motifs is 1. The lowest BCUT2D eigenvalue weighted by atomic mass is 10.00. The third-order valence-corrected chi connectivity index (χ3v) is 6.72. The summed E-state index contributed by atoms with van der Waals surface area (Å²) in [4.78, 5) is 28.8. The number of furan rings is 1. The maximum Gasteiger partial charge on any atom is 0.294 e. The number of methoxy groups -OCH3 is 1. The number of carbonyl (C=O) groups is 2. The number of aliphatic hydroxyl groups excluding tert-OH is 1. The fraction of sp³-hybridized carbons (Fsp3) is 0.0833. The molecule has 1 amide bonds. The average Bonchev–Trinajstić information content (AvgIpc) is 3.52. The first-order valence-electron chi connectivity index (χ1n) is 9.76. The van der Waals surface area contributed by atoms with Crippen molar-refractivity contribution in [2.75, 3.05) is 12.0 Å². The van der Waals surface area contributed by atoms with Crippen LogP contribution in [-0.2, 0) is 4.79 Å². The van der Waals surface area contributed by atoms with Crippen LogP contribution in [0.2, 0.25) is 10.0 Å². The second-order valence-corrected chi connectivity index (χ2v) is 9.15. The molecule has 2 aromatic heterocycles. The number of thiophene rings is 1. The molecule has 0 radical (unpaired) electrons. The van der Waals surface area contributed by atoms with Crippen LogP contribution in [-0.4, -0.2) is 23.9 Å². The lowest BCUT2D eigenvalue weighted by Crippen LogP contribution is -2.30. The van der Waals surface area contributed by atoms with Crippen molar-refractivity contribution in [3.05, 3.63) is 92.0 Å². The van der Waals surface area contributed by atoms with E-state index in [-0.39, 0.29) is 11.3 Å². The van der Waals surface area contributed by atoms with Crippen molar-refractivity contribution in [2.24, 2.45) is 0 Å². The predicted octanol–water partition coefficient (Wildman–Crippen LogP) is 6.59. The molecule has 9 heteroatoms. The number of ether oxygens (including phenoxy) is 1. The summed E-state index contributed by atoms with van der Waals surface area (Å²) < 4.78 is 11.1. The number of aliphatic hydroxyl groups is 1. The Hall–Kier alpha value is -3.26. The zero-order valence-electron chi connectivity index (χ0n) is 17.0. The fourth-order valence-electron chi connectivity index (χ4n) is 3.93. The number of benzene rings is 2. The van der Waals surface area contributed by atoms with Gasteiger partial charge in [0.05, 0.1) is 12.7 Å². The van der Waals surface area contributed by atoms with Gasteiger partial charge in [-0.25, -0.2) is 0 Å². The topological polar surface area (TPSA) is 80.0 Å². The Labute approximate surface area is 202 Å². The van der Waals surface area contributed by atoms with Crippen molar-refractivity contribution in [1.82, 2.24) is 0 Å². The van der Waals surface area contributed by atoms with Crippen LogP contribution in [0.4, 0.5) is 5.69 Å². The van der Waals surface area contributed by atoms with Gasteiger partial charge in [-0.2, -0.15) is 0 Å². The van der Waals surface area contributed by atoms with E-state index < -0.39 is 23.5 Å². The summed E-state index contributed by atoms with van der Waals surface area (Å²) in [5, 5.41) is 14.1. The van der Waals surface area contributed by atoms with Crippen LogP contribution >= 0.6 is 34.5 Å². The minimum Gasteiger partial charge on any atom is -0.503 e. The van der Waals surface area contributed by atoms with Crippen molar-refractivity contribution in [2.45, 2.75) is 6.04 Å². The summed E-state index contributed by atoms with van der Waals surface area (Å²) in [6, 6.07) is 14.2. The summed E-state index contributed by atoms with van der Waals surface area (Å²) in [6.45, 7) is 0. The van der Waals surface area contributed by atoms with Crippen LogP contribution in [0.15, 0.2) is 75.7 Å². The molecule has 1 atom stereocenters. The van der Waals surface area contributed by atoms with Crippen LogP contribution < -0.4 is 9.64 Å². The normalized spacial score (nSPS) is 16.2. The largest absolute Gasteiger partial charge is 0.503 e. The molecule has 166 valence electrons. The zero-order valence-corrected chi connectivity index (χ0v) is 19.4. The minimum absolute atomic E-state index is 0.0468. The maximum absolute atomic E-state index is 13.6. The summed E-state index contributed by atoms with van der Waals surface area (Å²) in [5.74, 6) is -1.63. The van der Waals surface area contributed by atoms with Crippen molar-refractivity contribution in [3.8, 4) is 5.75 Å². The first kappa shape index (κ1) is 21.6. The van der Waals surface area contributed by atoms with E-state index in [1.165, 1.54) is 29.4 Å². The molecule has 0 aliphatic carbocycles. The Balaban J connectivity index is 1.65. The number of hydrogen-bond acceptors (Lipinski definition) is 6. The van der Waals surface area contributed by atoms with Gasteiger partial charge in [0, 0.05) is 32.1 Å². The standard InChI is InChI=1S/C24H15Cl2NO5S/c1-31-17-11-14(26)8-12-9-16(32-23(12)17)21(28)19-20(18-6-3-7-33-18)27(24(30)22(19)29)15-5-2-4-13(25)10-15/h2-11,20,29H,1H3. The Bertz CT molecular complexity index is 1440. The number of Topliss-reactive ketones (excluding diaryl/α,β-unsaturated/α-hetero) is 1. The summed E-state index contributed by atoms with van der Waals surface area (Å²) in [5.41, 5.74) is 0.721. The van der Waals surface area contributed by atoms with Crippen LogP contribution in [0, 0.1) is 0 Å². The SMILES string of the molecule is COc1cc(Cl)cc2cc(C(=O)C3=C(O)C(=O)N(c4cccc(Cl)c4)C3c3cccs3)oc12. The van der Waals surface area contributed by atoms with E-state index in [2.05, 4.69) is 0 Å². The van der Waals surface area contributed by atoms with Gasteiger partial charge in [0.1, 0.15) is 6.04 Å². The highest BCUT2D eigenvalue weighted by molar-refractivity contribution is 7.10. The molecular formula is C24H15Cl2NO5S. The quantitative estimate of drug-likeness (QED) is 0.313. The third-order valence-electron chi connectivity index (χ3n) is 5.34. The van der Waals surface area contributed by atoms with Gasteiger partial charge in [-0.1, -0.05) is 35.3 Å². The average molecular weight is 500 g/mol. The predicted molar refractivity (Wildman–Crippen MR) is 128 cm³/mol. The summed E-state index contributed by atoms with van der Waals surface area (Å²) >= 11 is 13.6. The lowest BCUT2D eigenvalue weighted by Gasteiger charge is -2.25. The number of anilines is 1. The number of hydrogen-bond donors (Lipinski definition) is 1. The second-order valence-electron chi connectivity index (χ2n) is 7.30. The maximum atomic E-state index is 13.6. The van der Waals surface area contributed by atoms with Crippen LogP contribution in [0.25, 0.3) is 11.0 Å². The summed E-state index contributed by atoms with van der Waals surface area (Å²) in [7, 11) is 1.47. The van der Waals surface area contributed by atoms with Crippen LogP contribution in [0.3, 0.4) is 0 Å². The van der Waals surface area contributed by atoms with Crippen LogP contribution in [0.1, 0.15) is 21.5 Å². The number of amides is 1. The van der Waals surface area contributed by atoms with E-state index in [0.29, 0.717) is 37.3 Å².